The summed E-state index contributed by atoms with van der Waals surface area (Å²) in [5, 5.41) is 14.4. The number of aromatic hydroxyl groups is 1. The van der Waals surface area contributed by atoms with Crippen molar-refractivity contribution in [2.45, 2.75) is 6.92 Å². The lowest BCUT2D eigenvalue weighted by Crippen LogP contribution is -2.18. The number of carbonyl (C=O) groups excluding carboxylic acids is 1. The Hall–Kier alpha value is -2.41. The highest BCUT2D eigenvalue weighted by atomic mass is 35.5. The Kier molecular flexibility index (Phi) is 5.56. The average Bonchev–Trinajstić information content (AvgIpc) is 3.02. The van der Waals surface area contributed by atoms with Crippen LogP contribution in [0.2, 0.25) is 10.0 Å². The average molecular weight is 406 g/mol. The number of hydrogen-bond acceptors (Lipinski definition) is 5. The van der Waals surface area contributed by atoms with Crippen LogP contribution in [0.3, 0.4) is 0 Å². The van der Waals surface area contributed by atoms with E-state index in [1.165, 1.54) is 29.7 Å². The van der Waals surface area contributed by atoms with Crippen molar-refractivity contribution in [2.24, 2.45) is 5.10 Å². The maximum atomic E-state index is 12.3. The number of phenolic OH excluding ortho intramolecular Hbond substituents is 1. The number of amides is 1. The van der Waals surface area contributed by atoms with Crippen LogP contribution in [0.25, 0.3) is 10.6 Å². The van der Waals surface area contributed by atoms with E-state index in [4.69, 9.17) is 23.2 Å². The first-order valence-corrected chi connectivity index (χ1v) is 9.07. The number of aryl methyl sites for hydroxylation is 1. The van der Waals surface area contributed by atoms with Crippen LogP contribution in [-0.2, 0) is 0 Å². The Morgan fingerprint density at radius 1 is 1.23 bits per heavy atom. The van der Waals surface area contributed by atoms with E-state index in [1.54, 1.807) is 0 Å². The van der Waals surface area contributed by atoms with Gasteiger partial charge in [-0.3, -0.25) is 4.79 Å². The summed E-state index contributed by atoms with van der Waals surface area (Å²) in [6, 6.07) is 12.6. The number of halogens is 2. The second kappa shape index (κ2) is 7.86. The van der Waals surface area contributed by atoms with E-state index in [2.05, 4.69) is 15.5 Å². The zero-order valence-corrected chi connectivity index (χ0v) is 15.9. The van der Waals surface area contributed by atoms with Crippen LogP contribution in [0, 0.1) is 6.92 Å². The summed E-state index contributed by atoms with van der Waals surface area (Å²) in [6.07, 6.45) is 1.38. The van der Waals surface area contributed by atoms with Gasteiger partial charge < -0.3 is 5.11 Å². The molecule has 1 aromatic heterocycles. The fourth-order valence-corrected chi connectivity index (χ4v) is 3.61. The van der Waals surface area contributed by atoms with Gasteiger partial charge in [-0.05, 0) is 24.6 Å². The van der Waals surface area contributed by atoms with Gasteiger partial charge in [-0.2, -0.15) is 5.10 Å². The molecule has 2 N–H and O–H groups in total. The van der Waals surface area contributed by atoms with Gasteiger partial charge in [-0.25, -0.2) is 10.4 Å². The first-order valence-electron chi connectivity index (χ1n) is 7.50. The number of phenols is 1. The zero-order valence-electron chi connectivity index (χ0n) is 13.5. The predicted molar refractivity (Wildman–Crippen MR) is 105 cm³/mol. The van der Waals surface area contributed by atoms with Gasteiger partial charge in [0.05, 0.1) is 16.3 Å². The summed E-state index contributed by atoms with van der Waals surface area (Å²) in [6.45, 7) is 1.84. The molecule has 2 aromatic carbocycles. The first kappa shape index (κ1) is 18.4. The van der Waals surface area contributed by atoms with E-state index < -0.39 is 5.91 Å². The SMILES string of the molecule is Cc1sc(-c2ccccc2)nc1C(=O)N/N=C\c1cc(Cl)c(O)c(Cl)c1. The number of hydrazone groups is 1. The molecule has 0 spiro atoms. The molecule has 1 amide bonds. The summed E-state index contributed by atoms with van der Waals surface area (Å²) < 4.78 is 0. The first-order chi connectivity index (χ1) is 12.5. The van der Waals surface area contributed by atoms with Gasteiger partial charge in [-0.1, -0.05) is 53.5 Å². The Morgan fingerprint density at radius 3 is 2.54 bits per heavy atom. The maximum Gasteiger partial charge on any atom is 0.291 e. The van der Waals surface area contributed by atoms with Crippen LogP contribution >= 0.6 is 34.5 Å². The molecule has 0 fully saturated rings. The molecule has 0 aliphatic heterocycles. The van der Waals surface area contributed by atoms with E-state index >= 15 is 0 Å². The molecule has 0 bridgehead atoms. The van der Waals surface area contributed by atoms with E-state index in [0.717, 1.165) is 15.4 Å². The highest BCUT2D eigenvalue weighted by Gasteiger charge is 2.15. The van der Waals surface area contributed by atoms with Gasteiger partial charge in [0.1, 0.15) is 10.7 Å². The number of nitrogens with zero attached hydrogens (tertiary/aromatic N) is 2. The maximum absolute atomic E-state index is 12.3. The number of rotatable bonds is 4. The number of aromatic nitrogens is 1. The molecule has 1 heterocycles. The van der Waals surface area contributed by atoms with E-state index in [1.807, 2.05) is 37.3 Å². The van der Waals surface area contributed by atoms with Crippen molar-refractivity contribution in [2.75, 3.05) is 0 Å². The van der Waals surface area contributed by atoms with E-state index in [-0.39, 0.29) is 15.8 Å². The summed E-state index contributed by atoms with van der Waals surface area (Å²) >= 11 is 13.1. The van der Waals surface area contributed by atoms with Gasteiger partial charge in [0, 0.05) is 10.4 Å². The standard InChI is InChI=1S/C18H13Cl2N3O2S/c1-10-15(22-18(26-10)12-5-3-2-4-6-12)17(25)23-21-9-11-7-13(19)16(24)14(20)8-11/h2-9,24H,1H3,(H,23,25)/b21-9-. The lowest BCUT2D eigenvalue weighted by atomic mass is 10.2. The van der Waals surface area contributed by atoms with Crippen molar-refractivity contribution in [1.29, 1.82) is 0 Å². The molecular weight excluding hydrogens is 393 g/mol. The second-order valence-electron chi connectivity index (χ2n) is 5.32. The summed E-state index contributed by atoms with van der Waals surface area (Å²) in [5.74, 6) is -0.603. The minimum Gasteiger partial charge on any atom is -0.505 e. The number of hydrogen-bond donors (Lipinski definition) is 2. The normalized spacial score (nSPS) is 11.0. The molecule has 0 saturated carbocycles. The third kappa shape index (κ3) is 4.04. The fourth-order valence-electron chi connectivity index (χ4n) is 2.19. The van der Waals surface area contributed by atoms with Crippen molar-refractivity contribution in [3.63, 3.8) is 0 Å². The van der Waals surface area contributed by atoms with Gasteiger partial charge >= 0.3 is 0 Å². The largest absolute Gasteiger partial charge is 0.505 e. The molecular formula is C18H13Cl2N3O2S. The molecule has 3 rings (SSSR count). The second-order valence-corrected chi connectivity index (χ2v) is 7.34. The van der Waals surface area contributed by atoms with Crippen molar-refractivity contribution in [3.05, 3.63) is 68.6 Å². The highest BCUT2D eigenvalue weighted by molar-refractivity contribution is 7.15. The van der Waals surface area contributed by atoms with Crippen LogP contribution in [0.1, 0.15) is 20.9 Å². The molecule has 132 valence electrons. The third-order valence-corrected chi connectivity index (χ3v) is 5.05. The van der Waals surface area contributed by atoms with Crippen LogP contribution in [0.5, 0.6) is 5.75 Å². The quantitative estimate of drug-likeness (QED) is 0.478. The molecule has 26 heavy (non-hydrogen) atoms. The molecule has 0 atom stereocenters. The Bertz CT molecular complexity index is 964. The minimum absolute atomic E-state index is 0.105. The summed E-state index contributed by atoms with van der Waals surface area (Å²) in [7, 11) is 0. The van der Waals surface area contributed by atoms with Crippen LogP contribution in [-0.4, -0.2) is 22.2 Å². The third-order valence-electron chi connectivity index (χ3n) is 3.45. The van der Waals surface area contributed by atoms with E-state index in [0.29, 0.717) is 11.3 Å². The molecule has 5 nitrogen and oxygen atoms in total. The van der Waals surface area contributed by atoms with Crippen molar-refractivity contribution in [1.82, 2.24) is 10.4 Å². The summed E-state index contributed by atoms with van der Waals surface area (Å²) in [4.78, 5) is 17.5. The van der Waals surface area contributed by atoms with Gasteiger partial charge in [0.15, 0.2) is 5.75 Å². The van der Waals surface area contributed by atoms with Crippen LogP contribution in [0.4, 0.5) is 0 Å². The number of benzene rings is 2. The molecule has 0 unspecified atom stereocenters. The minimum atomic E-state index is -0.409. The Morgan fingerprint density at radius 2 is 1.88 bits per heavy atom. The van der Waals surface area contributed by atoms with Gasteiger partial charge in [-0.15, -0.1) is 11.3 Å². The van der Waals surface area contributed by atoms with Crippen molar-refractivity contribution in [3.8, 4) is 16.3 Å². The van der Waals surface area contributed by atoms with Crippen LogP contribution in [0.15, 0.2) is 47.6 Å². The molecule has 0 radical (unpaired) electrons. The van der Waals surface area contributed by atoms with Crippen LogP contribution < -0.4 is 5.43 Å². The predicted octanol–water partition coefficient (Wildman–Crippen LogP) is 4.89. The Balaban J connectivity index is 1.74. The molecule has 0 saturated heterocycles. The van der Waals surface area contributed by atoms with Crippen molar-refractivity contribution >= 4 is 46.7 Å². The monoisotopic (exact) mass is 405 g/mol. The van der Waals surface area contributed by atoms with E-state index in [9.17, 15) is 9.90 Å². The molecule has 0 aliphatic carbocycles. The number of thiazole rings is 1. The lowest BCUT2D eigenvalue weighted by molar-refractivity contribution is 0.0950. The smallest absolute Gasteiger partial charge is 0.291 e. The topological polar surface area (TPSA) is 74.6 Å². The lowest BCUT2D eigenvalue weighted by Gasteiger charge is -2.01. The Labute approximate surface area is 163 Å². The zero-order chi connectivity index (χ0) is 18.7. The molecule has 8 heteroatoms. The highest BCUT2D eigenvalue weighted by Crippen LogP contribution is 2.32. The van der Waals surface area contributed by atoms with Gasteiger partial charge in [0.2, 0.25) is 0 Å². The molecule has 3 aromatic rings. The fraction of sp³-hybridized carbons (Fsp3) is 0.0556. The summed E-state index contributed by atoms with van der Waals surface area (Å²) in [5.41, 5.74) is 4.25. The molecule has 0 aliphatic rings. The van der Waals surface area contributed by atoms with Crippen molar-refractivity contribution < 1.29 is 9.90 Å². The van der Waals surface area contributed by atoms with Gasteiger partial charge in [0.25, 0.3) is 5.91 Å². The number of nitrogens with one attached hydrogen (secondary N) is 1. The number of carbonyl (C=O) groups is 1.